The number of nitrogens with zero attached hydrogens (tertiary/aromatic N) is 2. The van der Waals surface area contributed by atoms with Gasteiger partial charge in [-0.1, -0.05) is 30.3 Å². The van der Waals surface area contributed by atoms with Gasteiger partial charge in [0.2, 0.25) is 5.91 Å². The number of hydroxylamine groups is 1. The van der Waals surface area contributed by atoms with Crippen LogP contribution in [0.4, 0.5) is 10.5 Å². The monoisotopic (exact) mass is 454 g/mol. The molecule has 2 N–H and O–H groups in total. The summed E-state index contributed by atoms with van der Waals surface area (Å²) in [6.45, 7) is 2.28. The van der Waals surface area contributed by atoms with E-state index in [4.69, 9.17) is 9.57 Å². The Morgan fingerprint density at radius 3 is 2.45 bits per heavy atom. The van der Waals surface area contributed by atoms with E-state index in [1.165, 1.54) is 0 Å². The van der Waals surface area contributed by atoms with Gasteiger partial charge in [-0.2, -0.15) is 0 Å². The highest BCUT2D eigenvalue weighted by Gasteiger charge is 2.24. The van der Waals surface area contributed by atoms with Crippen molar-refractivity contribution in [2.75, 3.05) is 24.5 Å². The summed E-state index contributed by atoms with van der Waals surface area (Å²) >= 11 is 0. The number of pyridine rings is 1. The van der Waals surface area contributed by atoms with E-state index in [0.717, 1.165) is 37.2 Å². The van der Waals surface area contributed by atoms with Crippen molar-refractivity contribution >= 4 is 23.7 Å². The highest BCUT2D eigenvalue weighted by Crippen LogP contribution is 2.22. The number of benzene rings is 1. The maximum absolute atomic E-state index is 12.4. The van der Waals surface area contributed by atoms with E-state index < -0.39 is 12.1 Å². The third-order valence-corrected chi connectivity index (χ3v) is 5.46. The zero-order valence-corrected chi connectivity index (χ0v) is 18.6. The Bertz CT molecular complexity index is 886. The number of hydrogen-bond acceptors (Lipinski definition) is 7. The van der Waals surface area contributed by atoms with Crippen LogP contribution >= 0.6 is 0 Å². The molecular weight excluding hydrogens is 424 g/mol. The summed E-state index contributed by atoms with van der Waals surface area (Å²) in [7, 11) is 0. The Morgan fingerprint density at radius 1 is 1.00 bits per heavy atom. The number of carbonyl (C=O) groups is 3. The molecule has 0 atom stereocenters. The van der Waals surface area contributed by atoms with Crippen molar-refractivity contribution < 1.29 is 24.0 Å². The first-order valence-corrected chi connectivity index (χ1v) is 11.2. The molecule has 1 fully saturated rings. The maximum Gasteiger partial charge on any atom is 0.441 e. The van der Waals surface area contributed by atoms with Crippen molar-refractivity contribution in [3.05, 3.63) is 60.4 Å². The summed E-state index contributed by atoms with van der Waals surface area (Å²) in [4.78, 5) is 46.7. The number of carbonyl (C=O) groups excluding carboxylic acids is 3. The molecule has 1 aromatic heterocycles. The van der Waals surface area contributed by atoms with Crippen molar-refractivity contribution in [2.24, 2.45) is 5.92 Å². The SMILES string of the molecule is O=C(CCCCNC(=O)C1CCN(c2ccncc2)CC1)ONC(=O)OCc1ccccc1. The van der Waals surface area contributed by atoms with E-state index in [1.807, 2.05) is 47.9 Å². The number of ether oxygens (including phenoxy) is 1. The van der Waals surface area contributed by atoms with Gasteiger partial charge in [-0.3, -0.25) is 9.78 Å². The van der Waals surface area contributed by atoms with Gasteiger partial charge in [0.05, 0.1) is 0 Å². The maximum atomic E-state index is 12.4. The minimum Gasteiger partial charge on any atom is -0.443 e. The fourth-order valence-electron chi connectivity index (χ4n) is 3.61. The van der Waals surface area contributed by atoms with Gasteiger partial charge in [0.15, 0.2) is 0 Å². The standard InChI is InChI=1S/C24H30N4O5/c29-22(33-27-24(31)32-18-19-6-2-1-3-7-19)8-4-5-13-26-23(30)20-11-16-28(17-12-20)21-9-14-25-15-10-21/h1-3,6-7,9-10,14-15,20H,4-5,8,11-13,16-18H2,(H,26,30)(H,27,31). The predicted molar refractivity (Wildman–Crippen MR) is 122 cm³/mol. The molecule has 33 heavy (non-hydrogen) atoms. The van der Waals surface area contributed by atoms with Crippen LogP contribution in [0, 0.1) is 5.92 Å². The summed E-state index contributed by atoms with van der Waals surface area (Å²) in [6, 6.07) is 13.2. The second-order valence-electron chi connectivity index (χ2n) is 7.85. The molecular formula is C24H30N4O5. The largest absolute Gasteiger partial charge is 0.443 e. The second-order valence-corrected chi connectivity index (χ2v) is 7.85. The zero-order valence-electron chi connectivity index (χ0n) is 18.6. The normalized spacial score (nSPS) is 13.8. The molecule has 0 saturated carbocycles. The lowest BCUT2D eigenvalue weighted by Crippen LogP contribution is -2.40. The molecule has 1 saturated heterocycles. The Balaban J connectivity index is 1.20. The summed E-state index contributed by atoms with van der Waals surface area (Å²) in [5.41, 5.74) is 3.95. The van der Waals surface area contributed by atoms with E-state index in [2.05, 4.69) is 15.2 Å². The van der Waals surface area contributed by atoms with Crippen molar-refractivity contribution in [3.63, 3.8) is 0 Å². The van der Waals surface area contributed by atoms with Gasteiger partial charge in [-0.05, 0) is 43.4 Å². The molecule has 1 aliphatic rings. The van der Waals surface area contributed by atoms with E-state index in [1.54, 1.807) is 12.4 Å². The van der Waals surface area contributed by atoms with Crippen LogP contribution in [0.15, 0.2) is 54.9 Å². The molecule has 0 spiro atoms. The summed E-state index contributed by atoms with van der Waals surface area (Å²) in [5, 5.41) is 2.95. The van der Waals surface area contributed by atoms with Crippen molar-refractivity contribution in [2.45, 2.75) is 38.7 Å². The fourth-order valence-corrected chi connectivity index (χ4v) is 3.61. The number of anilines is 1. The van der Waals surface area contributed by atoms with Gasteiger partial charge in [0, 0.05) is 50.1 Å². The molecule has 0 unspecified atom stereocenters. The van der Waals surface area contributed by atoms with E-state index in [-0.39, 0.29) is 24.9 Å². The lowest BCUT2D eigenvalue weighted by atomic mass is 9.95. The van der Waals surface area contributed by atoms with E-state index in [9.17, 15) is 14.4 Å². The number of hydrogen-bond donors (Lipinski definition) is 2. The second kappa shape index (κ2) is 13.0. The number of amides is 2. The van der Waals surface area contributed by atoms with Gasteiger partial charge in [-0.15, -0.1) is 5.48 Å². The third-order valence-electron chi connectivity index (χ3n) is 5.46. The number of nitrogens with one attached hydrogen (secondary N) is 2. The van der Waals surface area contributed by atoms with Crippen LogP contribution < -0.4 is 15.7 Å². The molecule has 9 heteroatoms. The van der Waals surface area contributed by atoms with Gasteiger partial charge < -0.3 is 19.8 Å². The van der Waals surface area contributed by atoms with Crippen LogP contribution in [0.5, 0.6) is 0 Å². The van der Waals surface area contributed by atoms with Gasteiger partial charge >= 0.3 is 12.1 Å². The Labute approximate surface area is 193 Å². The Morgan fingerprint density at radius 2 is 1.73 bits per heavy atom. The smallest absolute Gasteiger partial charge is 0.441 e. The average Bonchev–Trinajstić information content (AvgIpc) is 2.87. The molecule has 0 aliphatic carbocycles. The summed E-state index contributed by atoms with van der Waals surface area (Å²) in [6.07, 6.45) is 5.68. The molecule has 2 amide bonds. The molecule has 3 rings (SSSR count). The van der Waals surface area contributed by atoms with Crippen molar-refractivity contribution in [1.29, 1.82) is 0 Å². The van der Waals surface area contributed by atoms with E-state index >= 15 is 0 Å². The van der Waals surface area contributed by atoms with Gasteiger partial charge in [0.25, 0.3) is 0 Å². The lowest BCUT2D eigenvalue weighted by molar-refractivity contribution is -0.150. The Hall–Kier alpha value is -3.62. The molecule has 2 heterocycles. The number of piperidine rings is 1. The Kier molecular flexibility index (Phi) is 9.50. The average molecular weight is 455 g/mol. The quantitative estimate of drug-likeness (QED) is 0.443. The van der Waals surface area contributed by atoms with Crippen molar-refractivity contribution in [3.8, 4) is 0 Å². The topological polar surface area (TPSA) is 110 Å². The van der Waals surface area contributed by atoms with Crippen LogP contribution in [0.25, 0.3) is 0 Å². The summed E-state index contributed by atoms with van der Waals surface area (Å²) in [5.74, 6) is -0.476. The molecule has 9 nitrogen and oxygen atoms in total. The molecule has 1 aromatic carbocycles. The third kappa shape index (κ3) is 8.44. The van der Waals surface area contributed by atoms with Gasteiger partial charge in [-0.25, -0.2) is 9.59 Å². The highest BCUT2D eigenvalue weighted by molar-refractivity contribution is 5.79. The molecule has 0 bridgehead atoms. The lowest BCUT2D eigenvalue weighted by Gasteiger charge is -2.32. The molecule has 1 aliphatic heterocycles. The first-order valence-electron chi connectivity index (χ1n) is 11.2. The number of aromatic nitrogens is 1. The van der Waals surface area contributed by atoms with Crippen LogP contribution in [0.3, 0.4) is 0 Å². The summed E-state index contributed by atoms with van der Waals surface area (Å²) < 4.78 is 4.96. The molecule has 2 aromatic rings. The minimum atomic E-state index is -0.825. The number of unbranched alkanes of at least 4 members (excludes halogenated alkanes) is 1. The molecule has 176 valence electrons. The predicted octanol–water partition coefficient (Wildman–Crippen LogP) is 2.97. The van der Waals surface area contributed by atoms with E-state index in [0.29, 0.717) is 19.4 Å². The van der Waals surface area contributed by atoms with Gasteiger partial charge in [0.1, 0.15) is 6.61 Å². The highest BCUT2D eigenvalue weighted by atomic mass is 16.7. The first-order chi connectivity index (χ1) is 16.1. The van der Waals surface area contributed by atoms with Crippen LogP contribution in [-0.2, 0) is 25.8 Å². The van der Waals surface area contributed by atoms with Crippen molar-refractivity contribution in [1.82, 2.24) is 15.8 Å². The van der Waals surface area contributed by atoms with Crippen LogP contribution in [0.1, 0.15) is 37.7 Å². The van der Waals surface area contributed by atoms with Crippen LogP contribution in [-0.4, -0.2) is 42.6 Å². The minimum absolute atomic E-state index is 0.0131. The zero-order chi connectivity index (χ0) is 23.3. The number of rotatable bonds is 9. The first kappa shape index (κ1) is 24.0. The molecule has 0 radical (unpaired) electrons. The van der Waals surface area contributed by atoms with Crippen LogP contribution in [0.2, 0.25) is 0 Å². The fraction of sp³-hybridized carbons (Fsp3) is 0.417.